The second-order valence-corrected chi connectivity index (χ2v) is 4.97. The summed E-state index contributed by atoms with van der Waals surface area (Å²) in [7, 11) is 0. The van der Waals surface area contributed by atoms with Gasteiger partial charge in [0.25, 0.3) is 6.92 Å². The predicted molar refractivity (Wildman–Crippen MR) is 65.6 cm³/mol. The standard InChI is InChI=1S/C13H19BO/c1-8-5-6-11(10(3)9(8)2)12-7-13(12)14(4)15/h5-6,12-13,15H,7H2,1-4H3/t12-,13-/m1/s1. The van der Waals surface area contributed by atoms with Crippen LogP contribution in [0.5, 0.6) is 0 Å². The Labute approximate surface area is 92.6 Å². The van der Waals surface area contributed by atoms with Gasteiger partial charge >= 0.3 is 0 Å². The van der Waals surface area contributed by atoms with Crippen molar-refractivity contribution < 1.29 is 5.02 Å². The van der Waals surface area contributed by atoms with Crippen LogP contribution in [-0.2, 0) is 0 Å². The van der Waals surface area contributed by atoms with Gasteiger partial charge in [0.05, 0.1) is 0 Å². The topological polar surface area (TPSA) is 20.2 Å². The molecule has 0 saturated heterocycles. The second kappa shape index (κ2) is 3.68. The first kappa shape index (κ1) is 10.8. The summed E-state index contributed by atoms with van der Waals surface area (Å²) in [5.41, 5.74) is 5.64. The van der Waals surface area contributed by atoms with Gasteiger partial charge in [-0.05, 0) is 61.2 Å². The average molecular weight is 202 g/mol. The predicted octanol–water partition coefficient (Wildman–Crippen LogP) is 3.08. The molecule has 0 spiro atoms. The van der Waals surface area contributed by atoms with Crippen LogP contribution in [-0.4, -0.2) is 11.9 Å². The number of rotatable bonds is 2. The van der Waals surface area contributed by atoms with Crippen LogP contribution >= 0.6 is 0 Å². The van der Waals surface area contributed by atoms with Crippen molar-refractivity contribution in [2.75, 3.05) is 0 Å². The minimum absolute atomic E-state index is 0.156. The number of aryl methyl sites for hydroxylation is 1. The van der Waals surface area contributed by atoms with Crippen LogP contribution in [0.2, 0.25) is 12.6 Å². The third kappa shape index (κ3) is 1.83. The third-order valence-corrected chi connectivity index (χ3v) is 3.96. The van der Waals surface area contributed by atoms with E-state index in [0.29, 0.717) is 11.7 Å². The molecule has 80 valence electrons. The fourth-order valence-electron chi connectivity index (χ4n) is 2.48. The van der Waals surface area contributed by atoms with E-state index in [1.165, 1.54) is 22.3 Å². The van der Waals surface area contributed by atoms with Gasteiger partial charge in [-0.2, -0.15) is 0 Å². The van der Waals surface area contributed by atoms with E-state index in [1.807, 2.05) is 6.82 Å². The van der Waals surface area contributed by atoms with Crippen LogP contribution in [0.15, 0.2) is 12.1 Å². The fourth-order valence-corrected chi connectivity index (χ4v) is 2.48. The molecule has 15 heavy (non-hydrogen) atoms. The van der Waals surface area contributed by atoms with E-state index in [2.05, 4.69) is 32.9 Å². The smallest absolute Gasteiger partial charge is 0.289 e. The summed E-state index contributed by atoms with van der Waals surface area (Å²) in [6.07, 6.45) is 1.15. The van der Waals surface area contributed by atoms with Crippen molar-refractivity contribution in [1.82, 2.24) is 0 Å². The highest BCUT2D eigenvalue weighted by Crippen LogP contribution is 2.55. The normalized spacial score (nSPS) is 24.1. The lowest BCUT2D eigenvalue weighted by molar-refractivity contribution is 0.573. The number of hydrogen-bond donors (Lipinski definition) is 1. The molecule has 0 aliphatic heterocycles. The van der Waals surface area contributed by atoms with Gasteiger partial charge in [-0.3, -0.25) is 0 Å². The fraction of sp³-hybridized carbons (Fsp3) is 0.538. The molecule has 0 aromatic heterocycles. The van der Waals surface area contributed by atoms with Crippen LogP contribution < -0.4 is 0 Å². The molecular weight excluding hydrogens is 183 g/mol. The maximum Gasteiger partial charge on any atom is 0.289 e. The zero-order valence-corrected chi connectivity index (χ0v) is 10.0. The van der Waals surface area contributed by atoms with Crippen molar-refractivity contribution in [1.29, 1.82) is 0 Å². The summed E-state index contributed by atoms with van der Waals surface area (Å²) in [5.74, 6) is 1.09. The number of benzene rings is 1. The monoisotopic (exact) mass is 202 g/mol. The van der Waals surface area contributed by atoms with Crippen LogP contribution in [0.3, 0.4) is 0 Å². The Balaban J connectivity index is 2.28. The van der Waals surface area contributed by atoms with Crippen molar-refractivity contribution in [2.24, 2.45) is 0 Å². The highest BCUT2D eigenvalue weighted by atomic mass is 16.2. The Bertz CT molecular complexity index is 384. The van der Waals surface area contributed by atoms with Crippen LogP contribution in [0.1, 0.15) is 34.6 Å². The summed E-state index contributed by atoms with van der Waals surface area (Å²) in [5, 5.41) is 9.54. The van der Waals surface area contributed by atoms with Crippen molar-refractivity contribution in [2.45, 2.75) is 45.8 Å². The van der Waals surface area contributed by atoms with Crippen molar-refractivity contribution in [3.05, 3.63) is 34.4 Å². The van der Waals surface area contributed by atoms with E-state index < -0.39 is 0 Å². The van der Waals surface area contributed by atoms with E-state index in [0.717, 1.165) is 6.42 Å². The zero-order valence-electron chi connectivity index (χ0n) is 10.0. The van der Waals surface area contributed by atoms with Crippen LogP contribution in [0, 0.1) is 20.8 Å². The largest absolute Gasteiger partial charge is 0.450 e. The molecule has 0 radical (unpaired) electrons. The molecule has 1 nitrogen and oxygen atoms in total. The lowest BCUT2D eigenvalue weighted by atomic mass is 9.64. The number of hydrogen-bond acceptors (Lipinski definition) is 1. The molecular formula is C13H19BO. The summed E-state index contributed by atoms with van der Waals surface area (Å²) >= 11 is 0. The SMILES string of the molecule is CB(O)[C@@H]1C[C@@H]1c1ccc(C)c(C)c1C. The minimum Gasteiger partial charge on any atom is -0.450 e. The maximum absolute atomic E-state index is 9.54. The summed E-state index contributed by atoms with van der Waals surface area (Å²) in [4.78, 5) is 0. The van der Waals surface area contributed by atoms with E-state index in [9.17, 15) is 5.02 Å². The Morgan fingerprint density at radius 3 is 2.40 bits per heavy atom. The zero-order chi connectivity index (χ0) is 11.2. The molecule has 1 aromatic rings. The van der Waals surface area contributed by atoms with Crippen molar-refractivity contribution >= 4 is 6.92 Å². The Kier molecular flexibility index (Phi) is 2.63. The van der Waals surface area contributed by atoms with Gasteiger partial charge < -0.3 is 5.02 Å². The van der Waals surface area contributed by atoms with Crippen molar-refractivity contribution in [3.63, 3.8) is 0 Å². The quantitative estimate of drug-likeness (QED) is 0.730. The molecule has 0 bridgehead atoms. The van der Waals surface area contributed by atoms with E-state index >= 15 is 0 Å². The molecule has 1 N–H and O–H groups in total. The van der Waals surface area contributed by atoms with Gasteiger partial charge in [0.2, 0.25) is 0 Å². The van der Waals surface area contributed by atoms with Crippen LogP contribution in [0.4, 0.5) is 0 Å². The third-order valence-electron chi connectivity index (χ3n) is 3.96. The van der Waals surface area contributed by atoms with Gasteiger partial charge in [-0.25, -0.2) is 0 Å². The van der Waals surface area contributed by atoms with Gasteiger partial charge in [0, 0.05) is 0 Å². The molecule has 1 fully saturated rings. The maximum atomic E-state index is 9.54. The lowest BCUT2D eigenvalue weighted by Crippen LogP contribution is -2.06. The first-order valence-corrected chi connectivity index (χ1v) is 5.77. The molecule has 1 aliphatic rings. The van der Waals surface area contributed by atoms with E-state index in [1.54, 1.807) is 0 Å². The molecule has 0 unspecified atom stereocenters. The lowest BCUT2D eigenvalue weighted by Gasteiger charge is -2.11. The van der Waals surface area contributed by atoms with Gasteiger partial charge in [0.15, 0.2) is 0 Å². The Morgan fingerprint density at radius 1 is 1.20 bits per heavy atom. The molecule has 0 amide bonds. The van der Waals surface area contributed by atoms with Gasteiger partial charge in [-0.15, -0.1) is 0 Å². The van der Waals surface area contributed by atoms with E-state index in [4.69, 9.17) is 0 Å². The Morgan fingerprint density at radius 2 is 1.87 bits per heavy atom. The van der Waals surface area contributed by atoms with E-state index in [-0.39, 0.29) is 6.92 Å². The molecule has 1 aliphatic carbocycles. The minimum atomic E-state index is -0.156. The van der Waals surface area contributed by atoms with Crippen molar-refractivity contribution in [3.8, 4) is 0 Å². The first-order chi connectivity index (χ1) is 7.02. The summed E-state index contributed by atoms with van der Waals surface area (Å²) < 4.78 is 0. The first-order valence-electron chi connectivity index (χ1n) is 5.77. The second-order valence-electron chi connectivity index (χ2n) is 4.97. The molecule has 2 rings (SSSR count). The Hall–Kier alpha value is -0.755. The molecule has 1 saturated carbocycles. The summed E-state index contributed by atoms with van der Waals surface area (Å²) in [6.45, 7) is 8.30. The molecule has 1 aromatic carbocycles. The highest BCUT2D eigenvalue weighted by Gasteiger charge is 2.44. The highest BCUT2D eigenvalue weighted by molar-refractivity contribution is 6.52. The average Bonchev–Trinajstić information content (AvgIpc) is 2.94. The molecule has 2 heteroatoms. The molecule has 0 heterocycles. The summed E-state index contributed by atoms with van der Waals surface area (Å²) in [6, 6.07) is 4.44. The molecule has 2 atom stereocenters. The van der Waals surface area contributed by atoms with Gasteiger partial charge in [-0.1, -0.05) is 19.0 Å². The van der Waals surface area contributed by atoms with Crippen LogP contribution in [0.25, 0.3) is 0 Å². The van der Waals surface area contributed by atoms with Gasteiger partial charge in [0.1, 0.15) is 0 Å².